The highest BCUT2D eigenvalue weighted by Gasteiger charge is 2.65. The van der Waals surface area contributed by atoms with Gasteiger partial charge in [0, 0.05) is 12.2 Å². The van der Waals surface area contributed by atoms with Gasteiger partial charge in [0.2, 0.25) is 0 Å². The smallest absolute Gasteiger partial charge is 0.310 e. The molecule has 0 aliphatic carbocycles. The summed E-state index contributed by atoms with van der Waals surface area (Å²) >= 11 is 0. The first-order valence-corrected chi connectivity index (χ1v) is 7.91. The standard InChI is InChI=1S/C12H11F5N2O2S/c13-22(14,15,16,17)9-5-3-8(4-6-9)19-12(21)11-10(20)2-1-7-18-11/h2-6,20H,1,7H2,(H,19,21). The first-order chi connectivity index (χ1) is 9.86. The van der Waals surface area contributed by atoms with Crippen molar-refractivity contribution < 1.29 is 29.3 Å². The molecule has 0 atom stereocenters. The van der Waals surface area contributed by atoms with Gasteiger partial charge in [-0.05, 0) is 36.8 Å². The van der Waals surface area contributed by atoms with E-state index in [-0.39, 0.29) is 35.8 Å². The van der Waals surface area contributed by atoms with Gasteiger partial charge in [-0.25, -0.2) is 0 Å². The highest BCUT2D eigenvalue weighted by molar-refractivity contribution is 8.45. The molecule has 10 heteroatoms. The van der Waals surface area contributed by atoms with E-state index in [4.69, 9.17) is 0 Å². The number of hydrogen-bond acceptors (Lipinski definition) is 3. The minimum Gasteiger partial charge on any atom is -0.506 e. The van der Waals surface area contributed by atoms with Crippen LogP contribution in [0.1, 0.15) is 6.42 Å². The van der Waals surface area contributed by atoms with Gasteiger partial charge in [-0.3, -0.25) is 9.79 Å². The lowest BCUT2D eigenvalue weighted by Crippen LogP contribution is -2.26. The molecule has 0 unspecified atom stereocenters. The van der Waals surface area contributed by atoms with E-state index in [1.54, 1.807) is 0 Å². The van der Waals surface area contributed by atoms with Gasteiger partial charge in [-0.2, -0.15) is 0 Å². The van der Waals surface area contributed by atoms with Crippen LogP contribution in [0.3, 0.4) is 0 Å². The molecular weight excluding hydrogens is 331 g/mol. The van der Waals surface area contributed by atoms with Gasteiger partial charge >= 0.3 is 10.2 Å². The molecule has 0 saturated carbocycles. The van der Waals surface area contributed by atoms with Crippen LogP contribution >= 0.6 is 10.2 Å². The number of aliphatic hydroxyl groups excluding tert-OH is 1. The Morgan fingerprint density at radius 3 is 2.23 bits per heavy atom. The van der Waals surface area contributed by atoms with Crippen molar-refractivity contribution >= 4 is 27.5 Å². The Kier molecular flexibility index (Phi) is 3.29. The van der Waals surface area contributed by atoms with E-state index in [1.807, 2.05) is 0 Å². The minimum atomic E-state index is -9.73. The number of anilines is 1. The van der Waals surface area contributed by atoms with E-state index in [2.05, 4.69) is 10.3 Å². The number of amides is 1. The maximum Gasteiger partial charge on any atom is 0.310 e. The second kappa shape index (κ2) is 4.45. The van der Waals surface area contributed by atoms with Gasteiger partial charge < -0.3 is 10.4 Å². The largest absolute Gasteiger partial charge is 0.506 e. The minimum absolute atomic E-state index is 0.128. The maximum absolute atomic E-state index is 12.5. The SMILES string of the molecule is O=C(Nc1ccc(S(F)(F)(F)(F)F)cc1)C1=NCCC=C1O. The van der Waals surface area contributed by atoms with Crippen LogP contribution in [-0.2, 0) is 4.79 Å². The Hall–Kier alpha value is -2.10. The molecule has 0 radical (unpaired) electrons. The fraction of sp³-hybridized carbons (Fsp3) is 0.167. The van der Waals surface area contributed by atoms with E-state index in [0.29, 0.717) is 18.6 Å². The second-order valence-corrected chi connectivity index (χ2v) is 6.97. The van der Waals surface area contributed by atoms with Crippen molar-refractivity contribution in [3.63, 3.8) is 0 Å². The van der Waals surface area contributed by atoms with Crippen LogP contribution in [0, 0.1) is 0 Å². The molecule has 1 aliphatic heterocycles. The number of nitrogens with one attached hydrogen (secondary N) is 1. The fourth-order valence-electron chi connectivity index (χ4n) is 1.73. The third-order valence-electron chi connectivity index (χ3n) is 2.75. The van der Waals surface area contributed by atoms with Gasteiger partial charge in [0.15, 0.2) is 5.71 Å². The normalized spacial score (nSPS) is 18.6. The zero-order chi connectivity index (χ0) is 16.7. The molecule has 2 N–H and O–H groups in total. The summed E-state index contributed by atoms with van der Waals surface area (Å²) in [5.41, 5.74) is -0.389. The molecule has 1 aliphatic rings. The van der Waals surface area contributed by atoms with Crippen molar-refractivity contribution in [2.24, 2.45) is 4.99 Å². The van der Waals surface area contributed by atoms with Crippen molar-refractivity contribution in [2.75, 3.05) is 11.9 Å². The summed E-state index contributed by atoms with van der Waals surface area (Å²) in [5.74, 6) is -1.18. The predicted molar refractivity (Wildman–Crippen MR) is 74.1 cm³/mol. The lowest BCUT2D eigenvalue weighted by Gasteiger charge is -2.40. The fourth-order valence-corrected chi connectivity index (χ4v) is 2.38. The molecule has 1 aromatic rings. The lowest BCUT2D eigenvalue weighted by molar-refractivity contribution is -0.110. The highest BCUT2D eigenvalue weighted by atomic mass is 32.5. The van der Waals surface area contributed by atoms with Crippen LogP contribution < -0.4 is 5.32 Å². The first-order valence-electron chi connectivity index (χ1n) is 5.96. The molecule has 1 aromatic carbocycles. The average Bonchev–Trinajstić information content (AvgIpc) is 2.37. The Morgan fingerprint density at radius 2 is 1.73 bits per heavy atom. The van der Waals surface area contributed by atoms with E-state index in [1.165, 1.54) is 6.08 Å². The van der Waals surface area contributed by atoms with Gasteiger partial charge in [0.1, 0.15) is 10.7 Å². The molecule has 0 fully saturated rings. The van der Waals surface area contributed by atoms with Gasteiger partial charge in [0.05, 0.1) is 0 Å². The summed E-state index contributed by atoms with van der Waals surface area (Å²) < 4.78 is 62.7. The Balaban J connectivity index is 2.18. The molecule has 0 bridgehead atoms. The van der Waals surface area contributed by atoms with Crippen LogP contribution in [0.2, 0.25) is 0 Å². The van der Waals surface area contributed by atoms with Crippen molar-refractivity contribution in [2.45, 2.75) is 11.3 Å². The number of nitrogens with zero attached hydrogens (tertiary/aromatic N) is 1. The van der Waals surface area contributed by atoms with Crippen LogP contribution in [-0.4, -0.2) is 23.3 Å². The lowest BCUT2D eigenvalue weighted by atomic mass is 10.2. The van der Waals surface area contributed by atoms with Gasteiger partial charge in [-0.15, -0.1) is 0 Å². The highest BCUT2D eigenvalue weighted by Crippen LogP contribution is 3.02. The Morgan fingerprint density at radius 1 is 1.14 bits per heavy atom. The molecule has 0 aromatic heterocycles. The number of benzene rings is 1. The van der Waals surface area contributed by atoms with Crippen molar-refractivity contribution in [1.82, 2.24) is 0 Å². The summed E-state index contributed by atoms with van der Waals surface area (Å²) in [5, 5.41) is 11.6. The van der Waals surface area contributed by atoms with E-state index in [9.17, 15) is 29.3 Å². The quantitative estimate of drug-likeness (QED) is 0.791. The number of carbonyl (C=O) groups is 1. The third-order valence-corrected chi connectivity index (χ3v) is 3.92. The molecule has 2 rings (SSSR count). The molecule has 122 valence electrons. The number of hydrogen-bond donors (Lipinski definition) is 2. The van der Waals surface area contributed by atoms with Crippen molar-refractivity contribution in [3.05, 3.63) is 36.1 Å². The van der Waals surface area contributed by atoms with Gasteiger partial charge in [0.25, 0.3) is 5.91 Å². The summed E-state index contributed by atoms with van der Waals surface area (Å²) in [6.45, 7) is 0.288. The van der Waals surface area contributed by atoms with Crippen molar-refractivity contribution in [1.29, 1.82) is 0 Å². The number of aliphatic hydroxyl groups is 1. The van der Waals surface area contributed by atoms with Crippen LogP contribution in [0.25, 0.3) is 0 Å². The maximum atomic E-state index is 12.5. The van der Waals surface area contributed by atoms with Crippen LogP contribution in [0.4, 0.5) is 25.1 Å². The summed E-state index contributed by atoms with van der Waals surface area (Å²) in [7, 11) is -9.73. The molecule has 1 heterocycles. The topological polar surface area (TPSA) is 61.7 Å². The molecule has 0 saturated heterocycles. The number of carbonyl (C=O) groups excluding carboxylic acids is 1. The average molecular weight is 342 g/mol. The van der Waals surface area contributed by atoms with Crippen LogP contribution in [0.15, 0.2) is 46.0 Å². The Labute approximate surface area is 122 Å². The zero-order valence-corrected chi connectivity index (χ0v) is 11.7. The number of aliphatic imine (C=N–C) groups is 1. The monoisotopic (exact) mass is 342 g/mol. The molecule has 4 nitrogen and oxygen atoms in total. The second-order valence-electron chi connectivity index (χ2n) is 4.56. The number of rotatable bonds is 3. The van der Waals surface area contributed by atoms with E-state index < -0.39 is 21.0 Å². The molecule has 0 spiro atoms. The third kappa shape index (κ3) is 3.75. The van der Waals surface area contributed by atoms with Gasteiger partial charge in [-0.1, -0.05) is 19.4 Å². The Bertz CT molecular complexity index is 680. The predicted octanol–water partition coefficient (Wildman–Crippen LogP) is 4.57. The summed E-state index contributed by atoms with van der Waals surface area (Å²) in [6, 6.07) is 1.79. The van der Waals surface area contributed by atoms with E-state index >= 15 is 0 Å². The van der Waals surface area contributed by atoms with E-state index in [0.717, 1.165) is 0 Å². The first kappa shape index (κ1) is 16.3. The molecular formula is C12H11F5N2O2S. The number of dihydropyridines is 1. The number of halogens is 5. The molecule has 22 heavy (non-hydrogen) atoms. The van der Waals surface area contributed by atoms with Crippen LogP contribution in [0.5, 0.6) is 0 Å². The van der Waals surface area contributed by atoms with Crippen molar-refractivity contribution in [3.8, 4) is 0 Å². The zero-order valence-electron chi connectivity index (χ0n) is 10.9. The summed E-state index contributed by atoms with van der Waals surface area (Å²) in [4.78, 5) is 13.5. The molecule has 1 amide bonds. The summed E-state index contributed by atoms with van der Waals surface area (Å²) in [6.07, 6.45) is 1.83.